The van der Waals surface area contributed by atoms with E-state index in [1.165, 1.54) is 0 Å². The summed E-state index contributed by atoms with van der Waals surface area (Å²) >= 11 is 0. The highest BCUT2D eigenvalue weighted by atomic mass is 16.2. The highest BCUT2D eigenvalue weighted by molar-refractivity contribution is 5.80. The molecule has 0 unspecified atom stereocenters. The van der Waals surface area contributed by atoms with Crippen LogP contribution in [0, 0.1) is 16.7 Å². The van der Waals surface area contributed by atoms with Crippen LogP contribution in [-0.4, -0.2) is 6.04 Å². The van der Waals surface area contributed by atoms with Crippen molar-refractivity contribution in [2.24, 2.45) is 5.41 Å². The first kappa shape index (κ1) is 15.8. The number of benzene rings is 1. The van der Waals surface area contributed by atoms with Gasteiger partial charge in [0.25, 0.3) is 10.9 Å². The molecular weight excluding hydrogens is 278 g/mol. The minimum absolute atomic E-state index is 0.0163. The van der Waals surface area contributed by atoms with Crippen molar-refractivity contribution in [3.8, 4) is 6.07 Å². The van der Waals surface area contributed by atoms with E-state index in [0.29, 0.717) is 16.9 Å². The molecule has 0 aliphatic rings. The van der Waals surface area contributed by atoms with Gasteiger partial charge < -0.3 is 10.6 Å². The zero-order valence-corrected chi connectivity index (χ0v) is 13.2. The Morgan fingerprint density at radius 2 is 1.68 bits per heavy atom. The Bertz CT molecular complexity index is 803. The molecule has 0 bridgehead atoms. The lowest BCUT2D eigenvalue weighted by Gasteiger charge is -2.30. The summed E-state index contributed by atoms with van der Waals surface area (Å²) in [6, 6.07) is 8.93. The Kier molecular flexibility index (Phi) is 4.05. The van der Waals surface area contributed by atoms with Crippen molar-refractivity contribution in [3.63, 3.8) is 0 Å². The van der Waals surface area contributed by atoms with Gasteiger partial charge in [0.2, 0.25) is 0 Å². The van der Waals surface area contributed by atoms with Crippen LogP contribution in [0.15, 0.2) is 33.9 Å². The standard InChI is InChI=1S/C17H19N3O2/c1-10(17(2,3)4)19-13-14(16(22)15(13)21)20-12-8-6-5-7-11(12)9-18/h5-8,10,19-20H,1-4H3/t10-/m1/s1. The second kappa shape index (κ2) is 5.64. The lowest BCUT2D eigenvalue weighted by atomic mass is 9.87. The number of para-hydroxylation sites is 1. The van der Waals surface area contributed by atoms with Gasteiger partial charge in [0, 0.05) is 6.04 Å². The Labute approximate surface area is 129 Å². The van der Waals surface area contributed by atoms with E-state index >= 15 is 0 Å². The van der Waals surface area contributed by atoms with E-state index < -0.39 is 10.9 Å². The third kappa shape index (κ3) is 2.86. The Hall–Kier alpha value is -2.61. The fourth-order valence-electron chi connectivity index (χ4n) is 1.91. The van der Waals surface area contributed by atoms with Crippen LogP contribution < -0.4 is 21.5 Å². The van der Waals surface area contributed by atoms with E-state index in [2.05, 4.69) is 16.7 Å². The number of anilines is 3. The molecule has 0 aliphatic carbocycles. The highest BCUT2D eigenvalue weighted by Crippen LogP contribution is 2.27. The Balaban J connectivity index is 2.31. The summed E-state index contributed by atoms with van der Waals surface area (Å²) in [5.41, 5.74) is 0.323. The summed E-state index contributed by atoms with van der Waals surface area (Å²) in [7, 11) is 0. The van der Waals surface area contributed by atoms with E-state index in [9.17, 15) is 9.59 Å². The minimum atomic E-state index is -0.559. The summed E-state index contributed by atoms with van der Waals surface area (Å²) in [6.45, 7) is 8.11. The zero-order chi connectivity index (χ0) is 16.5. The first-order valence-corrected chi connectivity index (χ1v) is 7.11. The molecule has 1 atom stereocenters. The molecule has 2 aromatic carbocycles. The van der Waals surface area contributed by atoms with Gasteiger partial charge in [-0.2, -0.15) is 5.26 Å². The molecule has 114 valence electrons. The lowest BCUT2D eigenvalue weighted by Crippen LogP contribution is -2.41. The monoisotopic (exact) mass is 297 g/mol. The molecule has 2 aromatic rings. The maximum Gasteiger partial charge on any atom is 0.253 e. The maximum atomic E-state index is 11.8. The third-order valence-corrected chi connectivity index (χ3v) is 3.88. The van der Waals surface area contributed by atoms with Crippen LogP contribution in [0.5, 0.6) is 0 Å². The van der Waals surface area contributed by atoms with Gasteiger partial charge in [-0.25, -0.2) is 0 Å². The normalized spacial score (nSPS) is 12.7. The molecule has 2 rings (SSSR count). The van der Waals surface area contributed by atoms with Crippen molar-refractivity contribution >= 4 is 17.1 Å². The number of nitrogens with zero attached hydrogens (tertiary/aromatic N) is 1. The van der Waals surface area contributed by atoms with E-state index in [-0.39, 0.29) is 17.1 Å². The van der Waals surface area contributed by atoms with Crippen molar-refractivity contribution in [2.45, 2.75) is 33.7 Å². The molecule has 0 saturated carbocycles. The second-order valence-electron chi connectivity index (χ2n) is 6.42. The van der Waals surface area contributed by atoms with Gasteiger partial charge in [-0.15, -0.1) is 0 Å². The molecule has 0 aliphatic heterocycles. The summed E-state index contributed by atoms with van der Waals surface area (Å²) in [5.74, 6) is 0. The van der Waals surface area contributed by atoms with Gasteiger partial charge in [0.15, 0.2) is 0 Å². The molecule has 0 saturated heterocycles. The van der Waals surface area contributed by atoms with Gasteiger partial charge in [-0.1, -0.05) is 32.9 Å². The van der Waals surface area contributed by atoms with Gasteiger partial charge in [-0.3, -0.25) is 9.59 Å². The summed E-state index contributed by atoms with van der Waals surface area (Å²) in [5, 5.41) is 15.1. The van der Waals surface area contributed by atoms with Crippen LogP contribution in [0.2, 0.25) is 0 Å². The van der Waals surface area contributed by atoms with Crippen LogP contribution in [0.1, 0.15) is 33.3 Å². The molecule has 22 heavy (non-hydrogen) atoms. The fourth-order valence-corrected chi connectivity index (χ4v) is 1.91. The average Bonchev–Trinajstić information content (AvgIpc) is 2.49. The highest BCUT2D eigenvalue weighted by Gasteiger charge is 2.27. The second-order valence-corrected chi connectivity index (χ2v) is 6.42. The van der Waals surface area contributed by atoms with Gasteiger partial charge in [-0.05, 0) is 24.5 Å². The third-order valence-electron chi connectivity index (χ3n) is 3.88. The van der Waals surface area contributed by atoms with Crippen molar-refractivity contribution in [2.75, 3.05) is 10.6 Å². The van der Waals surface area contributed by atoms with Crippen molar-refractivity contribution < 1.29 is 0 Å². The van der Waals surface area contributed by atoms with Crippen LogP contribution in [0.4, 0.5) is 17.1 Å². The number of hydrogen-bond donors (Lipinski definition) is 2. The number of rotatable bonds is 4. The van der Waals surface area contributed by atoms with Gasteiger partial charge >= 0.3 is 0 Å². The molecule has 0 aromatic heterocycles. The zero-order valence-electron chi connectivity index (χ0n) is 13.2. The topological polar surface area (TPSA) is 82.0 Å². The van der Waals surface area contributed by atoms with E-state index in [0.717, 1.165) is 0 Å². The van der Waals surface area contributed by atoms with Gasteiger partial charge in [0.1, 0.15) is 17.4 Å². The average molecular weight is 297 g/mol. The van der Waals surface area contributed by atoms with Gasteiger partial charge in [0.05, 0.1) is 11.3 Å². The van der Waals surface area contributed by atoms with Crippen molar-refractivity contribution in [1.29, 1.82) is 5.26 Å². The van der Waals surface area contributed by atoms with Crippen molar-refractivity contribution in [3.05, 3.63) is 50.3 Å². The SMILES string of the molecule is C[C@@H](Nc1c(Nc2ccccc2C#N)c(=O)c1=O)C(C)(C)C. The van der Waals surface area contributed by atoms with Crippen LogP contribution in [0.3, 0.4) is 0 Å². The molecule has 5 heteroatoms. The van der Waals surface area contributed by atoms with E-state index in [1.807, 2.05) is 27.7 Å². The molecule has 0 fully saturated rings. The first-order valence-electron chi connectivity index (χ1n) is 7.11. The Morgan fingerprint density at radius 1 is 1.09 bits per heavy atom. The quantitative estimate of drug-likeness (QED) is 0.848. The van der Waals surface area contributed by atoms with Crippen LogP contribution in [0.25, 0.3) is 0 Å². The summed E-state index contributed by atoms with van der Waals surface area (Å²) in [6.07, 6.45) is 0. The predicted molar refractivity (Wildman–Crippen MR) is 88.3 cm³/mol. The van der Waals surface area contributed by atoms with E-state index in [4.69, 9.17) is 5.26 Å². The number of nitriles is 1. The maximum absolute atomic E-state index is 11.8. The smallest absolute Gasteiger partial charge is 0.253 e. The minimum Gasteiger partial charge on any atom is -0.377 e. The fraction of sp³-hybridized carbons (Fsp3) is 0.353. The molecule has 0 heterocycles. The summed E-state index contributed by atoms with van der Waals surface area (Å²) in [4.78, 5) is 23.6. The predicted octanol–water partition coefficient (Wildman–Crippen LogP) is 2.74. The molecular formula is C17H19N3O2. The van der Waals surface area contributed by atoms with Crippen LogP contribution in [-0.2, 0) is 0 Å². The van der Waals surface area contributed by atoms with Crippen LogP contribution >= 0.6 is 0 Å². The van der Waals surface area contributed by atoms with E-state index in [1.54, 1.807) is 24.3 Å². The summed E-state index contributed by atoms with van der Waals surface area (Å²) < 4.78 is 0. The Morgan fingerprint density at radius 3 is 2.27 bits per heavy atom. The number of nitrogens with one attached hydrogen (secondary N) is 2. The molecule has 0 spiro atoms. The molecule has 0 radical (unpaired) electrons. The number of hydrogen-bond acceptors (Lipinski definition) is 5. The molecule has 2 N–H and O–H groups in total. The lowest BCUT2D eigenvalue weighted by molar-refractivity contribution is 0.359. The van der Waals surface area contributed by atoms with Crippen molar-refractivity contribution in [1.82, 2.24) is 0 Å². The molecule has 0 amide bonds. The largest absolute Gasteiger partial charge is 0.377 e. The first-order chi connectivity index (χ1) is 10.3. The molecule has 5 nitrogen and oxygen atoms in total.